The van der Waals surface area contributed by atoms with E-state index in [1.165, 1.54) is 44.5 Å². The molecule has 1 heteroatoms. The van der Waals surface area contributed by atoms with Gasteiger partial charge in [-0.2, -0.15) is 0 Å². The van der Waals surface area contributed by atoms with E-state index in [4.69, 9.17) is 0 Å². The summed E-state index contributed by atoms with van der Waals surface area (Å²) in [5, 5.41) is 0. The minimum atomic E-state index is -0.428. The summed E-state index contributed by atoms with van der Waals surface area (Å²) in [7, 11) is 0. The maximum atomic E-state index is 2.43. The van der Waals surface area contributed by atoms with Gasteiger partial charge < -0.3 is 4.90 Å². The van der Waals surface area contributed by atoms with Gasteiger partial charge in [0, 0.05) is 17.1 Å². The predicted octanol–water partition coefficient (Wildman–Crippen LogP) is 10.1. The van der Waals surface area contributed by atoms with Crippen molar-refractivity contribution in [2.24, 2.45) is 0 Å². The molecule has 1 aliphatic carbocycles. The molecular weight excluding hydrogens is 482 g/mol. The van der Waals surface area contributed by atoms with Crippen LogP contribution in [0.4, 0.5) is 17.1 Å². The van der Waals surface area contributed by atoms with E-state index < -0.39 is 5.41 Å². The highest BCUT2D eigenvalue weighted by Crippen LogP contribution is 2.57. The number of rotatable bonds is 5. The summed E-state index contributed by atoms with van der Waals surface area (Å²) >= 11 is 0. The highest BCUT2D eigenvalue weighted by Gasteiger charge is 2.46. The van der Waals surface area contributed by atoms with Gasteiger partial charge in [0.15, 0.2) is 0 Å². The molecule has 0 saturated heterocycles. The third kappa shape index (κ3) is 3.78. The molecule has 0 heterocycles. The van der Waals surface area contributed by atoms with Crippen molar-refractivity contribution in [1.82, 2.24) is 0 Å². The molecule has 0 spiro atoms. The summed E-state index contributed by atoms with van der Waals surface area (Å²) in [6.07, 6.45) is 0. The van der Waals surface area contributed by atoms with Crippen molar-refractivity contribution in [3.63, 3.8) is 0 Å². The Kier molecular flexibility index (Phi) is 5.86. The van der Waals surface area contributed by atoms with E-state index >= 15 is 0 Å². The minimum Gasteiger partial charge on any atom is -0.310 e. The van der Waals surface area contributed by atoms with Crippen LogP contribution in [0.3, 0.4) is 0 Å². The Bertz CT molecular complexity index is 1700. The van der Waals surface area contributed by atoms with Gasteiger partial charge in [0.25, 0.3) is 0 Å². The van der Waals surface area contributed by atoms with Gasteiger partial charge in [-0.1, -0.05) is 126 Å². The van der Waals surface area contributed by atoms with Gasteiger partial charge in [-0.05, 0) is 83.6 Å². The van der Waals surface area contributed by atoms with E-state index in [-0.39, 0.29) is 0 Å². The maximum Gasteiger partial charge on any atom is 0.0714 e. The Morgan fingerprint density at radius 2 is 0.875 bits per heavy atom. The second kappa shape index (κ2) is 9.70. The van der Waals surface area contributed by atoms with Gasteiger partial charge in [0.05, 0.1) is 5.41 Å². The number of fused-ring (bicyclic) bond motifs is 3. The predicted molar refractivity (Wildman–Crippen MR) is 168 cm³/mol. The zero-order valence-corrected chi connectivity index (χ0v) is 22.9. The van der Waals surface area contributed by atoms with Crippen molar-refractivity contribution < 1.29 is 0 Å². The zero-order chi connectivity index (χ0) is 27.1. The summed E-state index contributed by atoms with van der Waals surface area (Å²) in [5.41, 5.74) is 13.3. The fourth-order valence-electron chi connectivity index (χ4n) is 6.40. The number of nitrogens with zero attached hydrogens (tertiary/aromatic N) is 1. The molecule has 1 aliphatic rings. The summed E-state index contributed by atoms with van der Waals surface area (Å²) < 4.78 is 0. The van der Waals surface area contributed by atoms with Gasteiger partial charge in [-0.15, -0.1) is 0 Å². The second-order valence-corrected chi connectivity index (χ2v) is 10.8. The number of hydrogen-bond acceptors (Lipinski definition) is 1. The Labute approximate surface area is 237 Å². The van der Waals surface area contributed by atoms with Crippen LogP contribution in [0.15, 0.2) is 152 Å². The lowest BCUT2D eigenvalue weighted by Crippen LogP contribution is -2.28. The van der Waals surface area contributed by atoms with Crippen LogP contribution in [-0.2, 0) is 5.41 Å². The third-order valence-electron chi connectivity index (χ3n) is 8.28. The molecule has 192 valence electrons. The molecule has 0 unspecified atom stereocenters. The van der Waals surface area contributed by atoms with Crippen molar-refractivity contribution in [3.8, 4) is 11.1 Å². The van der Waals surface area contributed by atoms with E-state index in [1.54, 1.807) is 0 Å². The summed E-state index contributed by atoms with van der Waals surface area (Å²) in [6, 6.07) is 55.6. The van der Waals surface area contributed by atoms with E-state index in [9.17, 15) is 0 Å². The lowest BCUT2D eigenvalue weighted by molar-refractivity contribution is 0.767. The van der Waals surface area contributed by atoms with Gasteiger partial charge in [-0.3, -0.25) is 0 Å². The smallest absolute Gasteiger partial charge is 0.0714 e. The van der Waals surface area contributed by atoms with Crippen LogP contribution >= 0.6 is 0 Å². The van der Waals surface area contributed by atoms with Crippen LogP contribution in [-0.4, -0.2) is 0 Å². The van der Waals surface area contributed by atoms with Crippen LogP contribution < -0.4 is 4.90 Å². The first-order valence-electron chi connectivity index (χ1n) is 14.0. The topological polar surface area (TPSA) is 3.24 Å². The number of benzene rings is 6. The lowest BCUT2D eigenvalue weighted by atomic mass is 9.67. The van der Waals surface area contributed by atoms with E-state index in [0.717, 1.165) is 17.1 Å². The van der Waals surface area contributed by atoms with Crippen LogP contribution in [0, 0.1) is 13.8 Å². The quantitative estimate of drug-likeness (QED) is 0.221. The van der Waals surface area contributed by atoms with E-state index in [2.05, 4.69) is 170 Å². The zero-order valence-electron chi connectivity index (χ0n) is 22.9. The molecule has 0 fully saturated rings. The van der Waals surface area contributed by atoms with Crippen molar-refractivity contribution in [1.29, 1.82) is 0 Å². The molecule has 0 aromatic heterocycles. The molecule has 0 amide bonds. The molecule has 0 aliphatic heterocycles. The first kappa shape index (κ1) is 24.2. The molecule has 0 bridgehead atoms. The average Bonchev–Trinajstić information content (AvgIpc) is 3.30. The summed E-state index contributed by atoms with van der Waals surface area (Å²) in [5.74, 6) is 0. The number of anilines is 3. The van der Waals surface area contributed by atoms with Crippen molar-refractivity contribution in [3.05, 3.63) is 185 Å². The Morgan fingerprint density at radius 1 is 0.400 bits per heavy atom. The fraction of sp³-hybridized carbons (Fsp3) is 0.0769. The molecule has 7 rings (SSSR count). The van der Waals surface area contributed by atoms with Gasteiger partial charge >= 0.3 is 0 Å². The molecular formula is C39H31N. The maximum absolute atomic E-state index is 2.43. The first-order valence-corrected chi connectivity index (χ1v) is 14.0. The van der Waals surface area contributed by atoms with Crippen LogP contribution in [0.5, 0.6) is 0 Å². The van der Waals surface area contributed by atoms with Crippen LogP contribution in [0.25, 0.3) is 11.1 Å². The molecule has 1 nitrogen and oxygen atoms in total. The molecule has 0 saturated carbocycles. The largest absolute Gasteiger partial charge is 0.310 e. The summed E-state index contributed by atoms with van der Waals surface area (Å²) in [4.78, 5) is 2.36. The molecule has 40 heavy (non-hydrogen) atoms. The second-order valence-electron chi connectivity index (χ2n) is 10.8. The Hall–Kier alpha value is -4.88. The third-order valence-corrected chi connectivity index (χ3v) is 8.28. The number of para-hydroxylation sites is 2. The SMILES string of the molecule is Cc1ccc(C2(c3ccc(C)cc3)c3ccccc3-c3ccc(N(c4ccccc4)c4ccccc4)cc32)cc1. The van der Waals surface area contributed by atoms with Crippen LogP contribution in [0.2, 0.25) is 0 Å². The molecule has 0 radical (unpaired) electrons. The standard InChI is InChI=1S/C39H31N/c1-28-17-21-30(22-18-28)39(31-23-19-29(2)20-24-31)37-16-10-9-15-35(37)36-26-25-34(27-38(36)39)40(32-11-5-3-6-12-32)33-13-7-4-8-14-33/h3-27H,1-2H3. The van der Waals surface area contributed by atoms with Crippen molar-refractivity contribution in [2.75, 3.05) is 4.90 Å². The summed E-state index contributed by atoms with van der Waals surface area (Å²) in [6.45, 7) is 4.32. The Balaban J connectivity index is 1.55. The molecule has 6 aromatic rings. The fourth-order valence-corrected chi connectivity index (χ4v) is 6.40. The number of aryl methyl sites for hydroxylation is 2. The van der Waals surface area contributed by atoms with E-state index in [0.29, 0.717) is 0 Å². The lowest BCUT2D eigenvalue weighted by Gasteiger charge is -2.35. The minimum absolute atomic E-state index is 0.428. The molecule has 0 N–H and O–H groups in total. The van der Waals surface area contributed by atoms with Crippen molar-refractivity contribution in [2.45, 2.75) is 19.3 Å². The van der Waals surface area contributed by atoms with Crippen LogP contribution in [0.1, 0.15) is 33.4 Å². The molecule has 6 aromatic carbocycles. The van der Waals surface area contributed by atoms with E-state index in [1.807, 2.05) is 0 Å². The number of hydrogen-bond donors (Lipinski definition) is 0. The first-order chi connectivity index (χ1) is 19.7. The van der Waals surface area contributed by atoms with Gasteiger partial charge in [0.1, 0.15) is 0 Å². The molecule has 0 atom stereocenters. The monoisotopic (exact) mass is 513 g/mol. The highest BCUT2D eigenvalue weighted by molar-refractivity contribution is 5.89. The normalized spacial score (nSPS) is 12.9. The van der Waals surface area contributed by atoms with Gasteiger partial charge in [-0.25, -0.2) is 0 Å². The van der Waals surface area contributed by atoms with Crippen molar-refractivity contribution >= 4 is 17.1 Å². The Morgan fingerprint density at radius 3 is 1.43 bits per heavy atom. The average molecular weight is 514 g/mol. The highest BCUT2D eigenvalue weighted by atomic mass is 15.1. The van der Waals surface area contributed by atoms with Gasteiger partial charge in [0.2, 0.25) is 0 Å².